The molecule has 2 rings (SSSR count). The quantitative estimate of drug-likeness (QED) is 0.831. The van der Waals surface area contributed by atoms with E-state index in [0.717, 1.165) is 20.9 Å². The molecule has 2 aromatic rings. The first-order valence-electron chi connectivity index (χ1n) is 4.50. The molecule has 15 heavy (non-hydrogen) atoms. The molecule has 0 bridgehead atoms. The SMILES string of the molecule is CNC(=O)c1[nH]nc2c(C)cc(Br)cc12. The van der Waals surface area contributed by atoms with Crippen molar-refractivity contribution in [3.05, 3.63) is 27.9 Å². The molecule has 0 saturated heterocycles. The molecule has 1 aromatic heterocycles. The van der Waals surface area contributed by atoms with E-state index in [4.69, 9.17) is 0 Å². The van der Waals surface area contributed by atoms with Gasteiger partial charge in [0.2, 0.25) is 0 Å². The molecule has 0 aliphatic heterocycles. The van der Waals surface area contributed by atoms with Crippen molar-refractivity contribution < 1.29 is 4.79 Å². The van der Waals surface area contributed by atoms with Crippen LogP contribution in [0.15, 0.2) is 16.6 Å². The minimum Gasteiger partial charge on any atom is -0.354 e. The molecule has 0 fully saturated rings. The van der Waals surface area contributed by atoms with Crippen molar-refractivity contribution in [1.29, 1.82) is 0 Å². The number of nitrogens with zero attached hydrogens (tertiary/aromatic N) is 1. The molecule has 4 nitrogen and oxygen atoms in total. The van der Waals surface area contributed by atoms with Gasteiger partial charge in [-0.05, 0) is 24.6 Å². The summed E-state index contributed by atoms with van der Waals surface area (Å²) in [5.41, 5.74) is 2.36. The van der Waals surface area contributed by atoms with Crippen LogP contribution in [0.25, 0.3) is 10.9 Å². The summed E-state index contributed by atoms with van der Waals surface area (Å²) in [5.74, 6) is -0.157. The number of amides is 1. The van der Waals surface area contributed by atoms with Gasteiger partial charge in [0.05, 0.1) is 5.52 Å². The minimum absolute atomic E-state index is 0.157. The van der Waals surface area contributed by atoms with Crippen LogP contribution < -0.4 is 5.32 Å². The topological polar surface area (TPSA) is 57.8 Å². The third-order valence-electron chi connectivity index (χ3n) is 2.27. The minimum atomic E-state index is -0.157. The van der Waals surface area contributed by atoms with Gasteiger partial charge < -0.3 is 5.32 Å². The summed E-state index contributed by atoms with van der Waals surface area (Å²) in [4.78, 5) is 11.5. The number of carbonyl (C=O) groups excluding carboxylic acids is 1. The number of hydrogen-bond acceptors (Lipinski definition) is 2. The first kappa shape index (κ1) is 10.2. The zero-order valence-electron chi connectivity index (χ0n) is 8.39. The zero-order valence-corrected chi connectivity index (χ0v) is 9.97. The predicted octanol–water partition coefficient (Wildman–Crippen LogP) is 1.99. The molecule has 78 valence electrons. The van der Waals surface area contributed by atoms with Gasteiger partial charge in [-0.15, -0.1) is 0 Å². The lowest BCUT2D eigenvalue weighted by molar-refractivity contribution is 0.0959. The van der Waals surface area contributed by atoms with Gasteiger partial charge in [-0.2, -0.15) is 5.10 Å². The maximum absolute atomic E-state index is 11.5. The van der Waals surface area contributed by atoms with Crippen LogP contribution in [0, 0.1) is 6.92 Å². The number of rotatable bonds is 1. The number of aromatic nitrogens is 2. The van der Waals surface area contributed by atoms with Crippen LogP contribution in [0.3, 0.4) is 0 Å². The van der Waals surface area contributed by atoms with E-state index in [-0.39, 0.29) is 5.91 Å². The molecule has 1 amide bonds. The number of aryl methyl sites for hydroxylation is 1. The third-order valence-corrected chi connectivity index (χ3v) is 2.73. The zero-order chi connectivity index (χ0) is 11.0. The fraction of sp³-hybridized carbons (Fsp3) is 0.200. The second kappa shape index (κ2) is 3.66. The van der Waals surface area contributed by atoms with Crippen LogP contribution in [-0.4, -0.2) is 23.2 Å². The van der Waals surface area contributed by atoms with Gasteiger partial charge in [0.25, 0.3) is 5.91 Å². The van der Waals surface area contributed by atoms with Crippen molar-refractivity contribution in [2.24, 2.45) is 0 Å². The van der Waals surface area contributed by atoms with Gasteiger partial charge in [0.15, 0.2) is 0 Å². The van der Waals surface area contributed by atoms with Crippen molar-refractivity contribution in [2.75, 3.05) is 7.05 Å². The van der Waals surface area contributed by atoms with E-state index in [1.807, 2.05) is 19.1 Å². The summed E-state index contributed by atoms with van der Waals surface area (Å²) in [5, 5.41) is 10.3. The van der Waals surface area contributed by atoms with Crippen molar-refractivity contribution >= 4 is 32.7 Å². The molecular formula is C10H10BrN3O. The van der Waals surface area contributed by atoms with Gasteiger partial charge >= 0.3 is 0 Å². The monoisotopic (exact) mass is 267 g/mol. The Labute approximate surface area is 95.2 Å². The van der Waals surface area contributed by atoms with Crippen molar-refractivity contribution in [3.63, 3.8) is 0 Å². The Bertz CT molecular complexity index is 533. The predicted molar refractivity (Wildman–Crippen MR) is 61.9 cm³/mol. The highest BCUT2D eigenvalue weighted by atomic mass is 79.9. The molecule has 0 saturated carbocycles. The highest BCUT2D eigenvalue weighted by molar-refractivity contribution is 9.10. The number of hydrogen-bond donors (Lipinski definition) is 2. The fourth-order valence-electron chi connectivity index (χ4n) is 1.54. The molecule has 0 atom stereocenters. The number of aromatic amines is 1. The lowest BCUT2D eigenvalue weighted by Crippen LogP contribution is -2.18. The first-order chi connectivity index (χ1) is 7.13. The van der Waals surface area contributed by atoms with E-state index < -0.39 is 0 Å². The van der Waals surface area contributed by atoms with Gasteiger partial charge in [0.1, 0.15) is 5.69 Å². The highest BCUT2D eigenvalue weighted by Gasteiger charge is 2.13. The molecule has 0 aliphatic carbocycles. The van der Waals surface area contributed by atoms with E-state index in [1.165, 1.54) is 0 Å². The average molecular weight is 268 g/mol. The average Bonchev–Trinajstić information content (AvgIpc) is 2.60. The molecule has 5 heteroatoms. The Hall–Kier alpha value is -1.36. The molecule has 2 N–H and O–H groups in total. The summed E-state index contributed by atoms with van der Waals surface area (Å²) in [7, 11) is 1.60. The lowest BCUT2D eigenvalue weighted by Gasteiger charge is -1.98. The number of halogens is 1. The van der Waals surface area contributed by atoms with Gasteiger partial charge in [-0.25, -0.2) is 0 Å². The Balaban J connectivity index is 2.74. The van der Waals surface area contributed by atoms with Gasteiger partial charge in [-0.3, -0.25) is 9.89 Å². The van der Waals surface area contributed by atoms with E-state index in [9.17, 15) is 4.79 Å². The standard InChI is InChI=1S/C10H10BrN3O/c1-5-3-6(11)4-7-8(5)13-14-9(7)10(15)12-2/h3-4H,1-2H3,(H,12,15)(H,13,14). The molecule has 1 heterocycles. The number of benzene rings is 1. The van der Waals surface area contributed by atoms with Crippen molar-refractivity contribution in [3.8, 4) is 0 Å². The Morgan fingerprint density at radius 1 is 1.53 bits per heavy atom. The molecule has 1 aromatic carbocycles. The number of nitrogens with one attached hydrogen (secondary N) is 2. The smallest absolute Gasteiger partial charge is 0.269 e. The van der Waals surface area contributed by atoms with E-state index in [1.54, 1.807) is 7.05 Å². The van der Waals surface area contributed by atoms with Gasteiger partial charge in [-0.1, -0.05) is 15.9 Å². The Kier molecular flexibility index (Phi) is 2.48. The largest absolute Gasteiger partial charge is 0.354 e. The molecule has 0 unspecified atom stereocenters. The summed E-state index contributed by atoms with van der Waals surface area (Å²) >= 11 is 3.40. The summed E-state index contributed by atoms with van der Waals surface area (Å²) in [6.07, 6.45) is 0. The van der Waals surface area contributed by atoms with Crippen LogP contribution in [-0.2, 0) is 0 Å². The second-order valence-electron chi connectivity index (χ2n) is 3.30. The van der Waals surface area contributed by atoms with Crippen LogP contribution in [0.4, 0.5) is 0 Å². The van der Waals surface area contributed by atoms with Crippen molar-refractivity contribution in [2.45, 2.75) is 6.92 Å². The first-order valence-corrected chi connectivity index (χ1v) is 5.29. The summed E-state index contributed by atoms with van der Waals surface area (Å²) in [6.45, 7) is 1.96. The highest BCUT2D eigenvalue weighted by Crippen LogP contribution is 2.24. The summed E-state index contributed by atoms with van der Waals surface area (Å²) in [6, 6.07) is 3.85. The fourth-order valence-corrected chi connectivity index (χ4v) is 2.12. The summed E-state index contributed by atoms with van der Waals surface area (Å²) < 4.78 is 0.944. The molecule has 0 radical (unpaired) electrons. The van der Waals surface area contributed by atoms with Crippen LogP contribution in [0.1, 0.15) is 16.1 Å². The van der Waals surface area contributed by atoms with Gasteiger partial charge in [0, 0.05) is 16.9 Å². The number of carbonyl (C=O) groups is 1. The Morgan fingerprint density at radius 2 is 2.27 bits per heavy atom. The lowest BCUT2D eigenvalue weighted by atomic mass is 10.1. The maximum Gasteiger partial charge on any atom is 0.269 e. The number of H-pyrrole nitrogens is 1. The molecule has 0 spiro atoms. The van der Waals surface area contributed by atoms with Crippen molar-refractivity contribution in [1.82, 2.24) is 15.5 Å². The molecule has 0 aliphatic rings. The number of fused-ring (bicyclic) bond motifs is 1. The Morgan fingerprint density at radius 3 is 2.93 bits per heavy atom. The normalized spacial score (nSPS) is 10.6. The van der Waals surface area contributed by atoms with Crippen LogP contribution in [0.2, 0.25) is 0 Å². The third kappa shape index (κ3) is 1.63. The second-order valence-corrected chi connectivity index (χ2v) is 4.21. The molecular weight excluding hydrogens is 258 g/mol. The van der Waals surface area contributed by atoms with E-state index in [2.05, 4.69) is 31.4 Å². The maximum atomic E-state index is 11.5. The van der Waals surface area contributed by atoms with E-state index >= 15 is 0 Å². The van der Waals surface area contributed by atoms with Crippen LogP contribution >= 0.6 is 15.9 Å². The van der Waals surface area contributed by atoms with Crippen LogP contribution in [0.5, 0.6) is 0 Å². The van der Waals surface area contributed by atoms with E-state index in [0.29, 0.717) is 5.69 Å².